The summed E-state index contributed by atoms with van der Waals surface area (Å²) in [5.74, 6) is -1.60. The van der Waals surface area contributed by atoms with Gasteiger partial charge in [-0.15, -0.1) is 0 Å². The SMILES string of the molecule is CC(COCCOC(C)COCC(C)OC(c1ccc(C(=O)C(C)(C)O)cc1)c1ccc(C(=O)C(C)(C)O)cc1)NC(c1ccc(C(=O)C(C)(C)O)cc1)c1ccc(C(=O)C(C)(C)O)cc1. The molecular formula is C53H69NO12. The van der Waals surface area contributed by atoms with Gasteiger partial charge < -0.3 is 44.7 Å². The highest BCUT2D eigenvalue weighted by Crippen LogP contribution is 2.30. The van der Waals surface area contributed by atoms with Crippen molar-refractivity contribution in [1.82, 2.24) is 5.32 Å². The second kappa shape index (κ2) is 22.8. The molecule has 3 unspecified atom stereocenters. The molecule has 0 saturated heterocycles. The Labute approximate surface area is 389 Å². The fourth-order valence-corrected chi connectivity index (χ4v) is 7.04. The van der Waals surface area contributed by atoms with Gasteiger partial charge >= 0.3 is 0 Å². The second-order valence-corrected chi connectivity index (χ2v) is 19.2. The lowest BCUT2D eigenvalue weighted by Gasteiger charge is -2.25. The average molecular weight is 912 g/mol. The number of rotatable bonds is 26. The summed E-state index contributed by atoms with van der Waals surface area (Å²) in [7, 11) is 0. The first kappa shape index (κ1) is 53.8. The lowest BCUT2D eigenvalue weighted by Crippen LogP contribution is -2.35. The Bertz CT molecular complexity index is 2070. The van der Waals surface area contributed by atoms with E-state index in [9.17, 15) is 39.6 Å². The Kier molecular flexibility index (Phi) is 18.6. The lowest BCUT2D eigenvalue weighted by molar-refractivity contribution is -0.0682. The molecule has 0 heterocycles. The Balaban J connectivity index is 1.30. The van der Waals surface area contributed by atoms with E-state index in [-0.39, 0.29) is 30.9 Å². The van der Waals surface area contributed by atoms with Crippen LogP contribution in [-0.4, -0.2) is 117 Å². The summed E-state index contributed by atoms with van der Waals surface area (Å²) in [5, 5.41) is 44.6. The first-order valence-corrected chi connectivity index (χ1v) is 22.3. The fourth-order valence-electron chi connectivity index (χ4n) is 7.04. The Morgan fingerprint density at radius 2 is 0.773 bits per heavy atom. The number of Topliss-reactive ketones (excluding diaryl/α,β-unsaturated/α-hetero) is 4. The summed E-state index contributed by atoms with van der Waals surface area (Å²) in [4.78, 5) is 50.8. The van der Waals surface area contributed by atoms with E-state index in [0.29, 0.717) is 48.7 Å². The third-order valence-electron chi connectivity index (χ3n) is 10.7. The van der Waals surface area contributed by atoms with E-state index >= 15 is 0 Å². The zero-order valence-corrected chi connectivity index (χ0v) is 40.2. The average Bonchev–Trinajstić information content (AvgIpc) is 3.25. The predicted molar refractivity (Wildman–Crippen MR) is 252 cm³/mol. The van der Waals surface area contributed by atoms with Gasteiger partial charge in [-0.1, -0.05) is 97.1 Å². The van der Waals surface area contributed by atoms with Crippen LogP contribution in [0.25, 0.3) is 0 Å². The third kappa shape index (κ3) is 15.6. The summed E-state index contributed by atoms with van der Waals surface area (Å²) in [6.45, 7) is 18.9. The quantitative estimate of drug-likeness (QED) is 0.0314. The van der Waals surface area contributed by atoms with Crippen molar-refractivity contribution in [2.75, 3.05) is 33.0 Å². The van der Waals surface area contributed by atoms with Gasteiger partial charge in [0.05, 0.1) is 51.3 Å². The molecule has 0 aliphatic heterocycles. The molecule has 0 aromatic heterocycles. The van der Waals surface area contributed by atoms with E-state index in [1.165, 1.54) is 55.4 Å². The van der Waals surface area contributed by atoms with Crippen LogP contribution in [0.5, 0.6) is 0 Å². The number of benzene rings is 4. The molecule has 13 nitrogen and oxygen atoms in total. The van der Waals surface area contributed by atoms with Gasteiger partial charge in [-0.05, 0) is 98.4 Å². The maximum Gasteiger partial charge on any atom is 0.193 e. The lowest BCUT2D eigenvalue weighted by atomic mass is 9.91. The minimum atomic E-state index is -1.53. The minimum absolute atomic E-state index is 0.141. The molecule has 0 bridgehead atoms. The first-order valence-electron chi connectivity index (χ1n) is 22.3. The first-order chi connectivity index (χ1) is 30.7. The molecule has 3 atom stereocenters. The van der Waals surface area contributed by atoms with E-state index in [2.05, 4.69) is 5.32 Å². The van der Waals surface area contributed by atoms with Crippen molar-refractivity contribution < 1.29 is 58.6 Å². The van der Waals surface area contributed by atoms with Gasteiger partial charge in [-0.25, -0.2) is 0 Å². The number of aliphatic hydroxyl groups is 4. The van der Waals surface area contributed by atoms with Gasteiger partial charge in [0.1, 0.15) is 28.5 Å². The van der Waals surface area contributed by atoms with E-state index < -0.39 is 51.6 Å². The number of carbonyl (C=O) groups is 4. The van der Waals surface area contributed by atoms with Crippen LogP contribution in [0, 0.1) is 0 Å². The molecule has 66 heavy (non-hydrogen) atoms. The molecule has 0 aliphatic carbocycles. The van der Waals surface area contributed by atoms with Crippen LogP contribution in [0.2, 0.25) is 0 Å². The molecule has 0 fully saturated rings. The predicted octanol–water partition coefficient (Wildman–Crippen LogP) is 7.20. The monoisotopic (exact) mass is 911 g/mol. The molecule has 13 heteroatoms. The molecule has 0 amide bonds. The maximum absolute atomic E-state index is 12.7. The summed E-state index contributed by atoms with van der Waals surface area (Å²) in [5.41, 5.74) is -1.39. The van der Waals surface area contributed by atoms with Crippen LogP contribution in [-0.2, 0) is 18.9 Å². The van der Waals surface area contributed by atoms with Gasteiger partial charge in [0.15, 0.2) is 23.1 Å². The highest BCUT2D eigenvalue weighted by Gasteiger charge is 2.30. The summed E-state index contributed by atoms with van der Waals surface area (Å²) in [6.07, 6.45) is -1.23. The van der Waals surface area contributed by atoms with E-state index in [1.807, 2.05) is 45.0 Å². The molecule has 5 N–H and O–H groups in total. The highest BCUT2D eigenvalue weighted by molar-refractivity contribution is 6.03. The summed E-state index contributed by atoms with van der Waals surface area (Å²) < 4.78 is 24.5. The van der Waals surface area contributed by atoms with Crippen molar-refractivity contribution in [2.45, 2.75) is 129 Å². The van der Waals surface area contributed by atoms with E-state index in [1.54, 1.807) is 72.8 Å². The van der Waals surface area contributed by atoms with E-state index in [4.69, 9.17) is 18.9 Å². The van der Waals surface area contributed by atoms with Crippen molar-refractivity contribution in [3.63, 3.8) is 0 Å². The minimum Gasteiger partial charge on any atom is -0.382 e. The molecule has 4 aromatic carbocycles. The second-order valence-electron chi connectivity index (χ2n) is 19.2. The van der Waals surface area contributed by atoms with Crippen molar-refractivity contribution in [1.29, 1.82) is 0 Å². The fraction of sp³-hybridized carbons (Fsp3) is 0.472. The summed E-state index contributed by atoms with van der Waals surface area (Å²) in [6, 6.07) is 27.2. The van der Waals surface area contributed by atoms with Crippen LogP contribution >= 0.6 is 0 Å². The zero-order valence-electron chi connectivity index (χ0n) is 40.2. The smallest absolute Gasteiger partial charge is 0.193 e. The van der Waals surface area contributed by atoms with Crippen molar-refractivity contribution in [3.8, 4) is 0 Å². The number of hydrogen-bond donors (Lipinski definition) is 5. The normalized spacial score (nSPS) is 14.0. The molecule has 0 spiro atoms. The number of nitrogens with one attached hydrogen (secondary N) is 1. The number of hydrogen-bond acceptors (Lipinski definition) is 13. The van der Waals surface area contributed by atoms with Crippen molar-refractivity contribution in [2.24, 2.45) is 0 Å². The van der Waals surface area contributed by atoms with Crippen molar-refractivity contribution in [3.05, 3.63) is 142 Å². The van der Waals surface area contributed by atoms with Crippen molar-refractivity contribution >= 4 is 23.1 Å². The standard InChI is InChI=1S/C53H69NO12/c1-33(54-44(36-12-20-40(21-13-36)46(55)50(4,5)59)37-14-22-41(23-15-37)47(56)51(6,7)60)30-63-28-29-65-34(2)31-64-32-35(3)66-45(38-16-24-42(25-17-38)48(57)52(8,9)61)39-18-26-43(27-19-39)49(58)53(10,11)62/h12-27,33-35,44-45,54,59-62H,28-32H2,1-11H3. The van der Waals surface area contributed by atoms with E-state index in [0.717, 1.165) is 22.3 Å². The Morgan fingerprint density at radius 1 is 0.455 bits per heavy atom. The molecule has 0 saturated carbocycles. The van der Waals surface area contributed by atoms with Crippen LogP contribution < -0.4 is 5.32 Å². The molecular weight excluding hydrogens is 843 g/mol. The molecule has 4 rings (SSSR count). The number of carbonyl (C=O) groups excluding carboxylic acids is 4. The van der Waals surface area contributed by atoms with Gasteiger partial charge in [0, 0.05) is 28.3 Å². The number of ketones is 4. The van der Waals surface area contributed by atoms with Crippen LogP contribution in [0.3, 0.4) is 0 Å². The highest BCUT2D eigenvalue weighted by atomic mass is 16.6. The largest absolute Gasteiger partial charge is 0.382 e. The van der Waals surface area contributed by atoms with Crippen LogP contribution in [0.4, 0.5) is 0 Å². The molecule has 0 radical (unpaired) electrons. The molecule has 358 valence electrons. The third-order valence-corrected chi connectivity index (χ3v) is 10.7. The zero-order chi connectivity index (χ0) is 49.2. The molecule has 4 aromatic rings. The topological polar surface area (TPSA) is 198 Å². The Morgan fingerprint density at radius 3 is 1.11 bits per heavy atom. The van der Waals surface area contributed by atoms with Gasteiger partial charge in [-0.3, -0.25) is 19.2 Å². The maximum atomic E-state index is 12.7. The molecule has 0 aliphatic rings. The van der Waals surface area contributed by atoms with Crippen LogP contribution in [0.1, 0.15) is 152 Å². The van der Waals surface area contributed by atoms with Gasteiger partial charge in [0.2, 0.25) is 0 Å². The van der Waals surface area contributed by atoms with Crippen LogP contribution in [0.15, 0.2) is 97.1 Å². The Hall–Kier alpha value is -4.80. The van der Waals surface area contributed by atoms with Gasteiger partial charge in [0.25, 0.3) is 0 Å². The summed E-state index contributed by atoms with van der Waals surface area (Å²) >= 11 is 0. The number of ether oxygens (including phenoxy) is 4. The van der Waals surface area contributed by atoms with Gasteiger partial charge in [-0.2, -0.15) is 0 Å².